The van der Waals surface area contributed by atoms with Gasteiger partial charge >= 0.3 is 5.97 Å². The van der Waals surface area contributed by atoms with Gasteiger partial charge in [0.1, 0.15) is 5.75 Å². The van der Waals surface area contributed by atoms with E-state index in [1.165, 1.54) is 44.7 Å². The van der Waals surface area contributed by atoms with Crippen molar-refractivity contribution >= 4 is 5.97 Å². The third-order valence-corrected chi connectivity index (χ3v) is 4.50. The summed E-state index contributed by atoms with van der Waals surface area (Å²) in [5.41, 5.74) is 0.531. The molecule has 0 aromatic carbocycles. The van der Waals surface area contributed by atoms with Crippen molar-refractivity contribution in [3.05, 3.63) is 23.0 Å². The third kappa shape index (κ3) is 7.70. The maximum atomic E-state index is 11.9. The minimum absolute atomic E-state index is 0.000397. The van der Waals surface area contributed by atoms with E-state index in [2.05, 4.69) is 11.9 Å². The summed E-state index contributed by atoms with van der Waals surface area (Å²) in [4.78, 5) is 15.8. The van der Waals surface area contributed by atoms with Crippen molar-refractivity contribution in [2.75, 3.05) is 0 Å². The Kier molecular flexibility index (Phi) is 10.9. The van der Waals surface area contributed by atoms with Gasteiger partial charge < -0.3 is 20.1 Å². The van der Waals surface area contributed by atoms with Crippen molar-refractivity contribution in [1.29, 1.82) is 0 Å². The fourth-order valence-electron chi connectivity index (χ4n) is 2.88. The van der Waals surface area contributed by atoms with Gasteiger partial charge in [0.25, 0.3) is 0 Å². The molecule has 0 aliphatic carbocycles. The van der Waals surface area contributed by atoms with Crippen LogP contribution < -0.4 is 0 Å². The molecule has 3 N–H and O–H groups in total. The minimum atomic E-state index is -1.61. The zero-order valence-corrected chi connectivity index (χ0v) is 16.0. The molecule has 0 aliphatic rings. The summed E-state index contributed by atoms with van der Waals surface area (Å²) in [6.07, 6.45) is 10.3. The van der Waals surface area contributed by atoms with Crippen LogP contribution in [0.1, 0.15) is 94.2 Å². The number of esters is 1. The van der Waals surface area contributed by atoms with E-state index < -0.39 is 18.9 Å². The molecule has 6 heteroatoms. The summed E-state index contributed by atoms with van der Waals surface area (Å²) in [6.45, 7) is 3.36. The van der Waals surface area contributed by atoms with Crippen LogP contribution in [0.3, 0.4) is 0 Å². The SMILES string of the molecule is CCCCCCCCCCCC(=O)OC(O)c1c(CO)cnc(C)c1O. The van der Waals surface area contributed by atoms with Crippen LogP contribution in [0.15, 0.2) is 6.20 Å². The Morgan fingerprint density at radius 2 is 1.69 bits per heavy atom. The molecule has 6 nitrogen and oxygen atoms in total. The van der Waals surface area contributed by atoms with E-state index in [9.17, 15) is 20.1 Å². The van der Waals surface area contributed by atoms with Crippen molar-refractivity contribution in [2.45, 2.75) is 91.0 Å². The maximum absolute atomic E-state index is 11.9. The van der Waals surface area contributed by atoms with Gasteiger partial charge in [0, 0.05) is 18.2 Å². The molecule has 0 saturated heterocycles. The molecular formula is C20H33NO5. The van der Waals surface area contributed by atoms with Crippen LogP contribution >= 0.6 is 0 Å². The molecule has 0 spiro atoms. The molecule has 1 atom stereocenters. The molecule has 1 aromatic rings. The van der Waals surface area contributed by atoms with Gasteiger partial charge in [-0.05, 0) is 13.3 Å². The molecule has 0 aliphatic heterocycles. The van der Waals surface area contributed by atoms with E-state index in [1.54, 1.807) is 6.92 Å². The Hall–Kier alpha value is -1.66. The van der Waals surface area contributed by atoms with Crippen LogP contribution in [0.5, 0.6) is 5.75 Å². The first kappa shape index (κ1) is 22.4. The van der Waals surface area contributed by atoms with Crippen LogP contribution in [0, 0.1) is 6.92 Å². The lowest BCUT2D eigenvalue weighted by Crippen LogP contribution is -2.13. The predicted octanol–water partition coefficient (Wildman–Crippen LogP) is 4.04. The monoisotopic (exact) mass is 367 g/mol. The summed E-state index contributed by atoms with van der Waals surface area (Å²) in [6, 6.07) is 0. The van der Waals surface area contributed by atoms with Crippen molar-refractivity contribution in [2.24, 2.45) is 0 Å². The number of carbonyl (C=O) groups is 1. The van der Waals surface area contributed by atoms with E-state index in [0.29, 0.717) is 12.1 Å². The number of aliphatic hydroxyl groups is 2. The number of carbonyl (C=O) groups excluding carboxylic acids is 1. The molecule has 148 valence electrons. The number of rotatable bonds is 13. The molecule has 0 bridgehead atoms. The molecule has 0 amide bonds. The highest BCUT2D eigenvalue weighted by molar-refractivity contribution is 5.69. The normalized spacial score (nSPS) is 12.2. The van der Waals surface area contributed by atoms with E-state index >= 15 is 0 Å². The number of nitrogens with zero attached hydrogens (tertiary/aromatic N) is 1. The fourth-order valence-corrected chi connectivity index (χ4v) is 2.88. The lowest BCUT2D eigenvalue weighted by molar-refractivity contribution is -0.169. The number of aryl methyl sites for hydroxylation is 1. The molecule has 26 heavy (non-hydrogen) atoms. The molecule has 0 radical (unpaired) electrons. The zero-order valence-electron chi connectivity index (χ0n) is 16.0. The van der Waals surface area contributed by atoms with E-state index in [4.69, 9.17) is 4.74 Å². The predicted molar refractivity (Wildman–Crippen MR) is 99.5 cm³/mol. The van der Waals surface area contributed by atoms with Crippen molar-refractivity contribution in [3.8, 4) is 5.75 Å². The van der Waals surface area contributed by atoms with Gasteiger partial charge in [-0.25, -0.2) is 0 Å². The first-order chi connectivity index (χ1) is 12.5. The molecule has 1 unspecified atom stereocenters. The van der Waals surface area contributed by atoms with E-state index in [1.807, 2.05) is 0 Å². The van der Waals surface area contributed by atoms with Crippen molar-refractivity contribution < 1.29 is 24.9 Å². The Bertz CT molecular complexity index is 547. The van der Waals surface area contributed by atoms with Crippen molar-refractivity contribution in [1.82, 2.24) is 4.98 Å². The number of ether oxygens (including phenoxy) is 1. The number of hydrogen-bond acceptors (Lipinski definition) is 6. The van der Waals surface area contributed by atoms with Gasteiger partial charge in [-0.2, -0.15) is 0 Å². The first-order valence-corrected chi connectivity index (χ1v) is 9.67. The number of aromatic nitrogens is 1. The molecule has 1 aromatic heterocycles. The second-order valence-electron chi connectivity index (χ2n) is 6.71. The third-order valence-electron chi connectivity index (χ3n) is 4.50. The highest BCUT2D eigenvalue weighted by atomic mass is 16.6. The van der Waals surface area contributed by atoms with Gasteiger partial charge in [-0.1, -0.05) is 58.3 Å². The van der Waals surface area contributed by atoms with Crippen LogP contribution in [0.4, 0.5) is 0 Å². The number of aliphatic hydroxyl groups excluding tert-OH is 2. The van der Waals surface area contributed by atoms with Crippen molar-refractivity contribution in [3.63, 3.8) is 0 Å². The average Bonchev–Trinajstić information content (AvgIpc) is 2.62. The van der Waals surface area contributed by atoms with Crippen LogP contribution in [0.2, 0.25) is 0 Å². The largest absolute Gasteiger partial charge is 0.506 e. The highest BCUT2D eigenvalue weighted by Gasteiger charge is 2.22. The smallest absolute Gasteiger partial charge is 0.308 e. The second-order valence-corrected chi connectivity index (χ2v) is 6.71. The molecule has 1 rings (SSSR count). The minimum Gasteiger partial charge on any atom is -0.506 e. The molecule has 0 fully saturated rings. The first-order valence-electron chi connectivity index (χ1n) is 9.67. The van der Waals surface area contributed by atoms with Gasteiger partial charge in [-0.3, -0.25) is 9.78 Å². The lowest BCUT2D eigenvalue weighted by atomic mass is 10.1. The van der Waals surface area contributed by atoms with Gasteiger partial charge in [-0.15, -0.1) is 0 Å². The molecule has 0 saturated carbocycles. The van der Waals surface area contributed by atoms with Crippen LogP contribution in [0.25, 0.3) is 0 Å². The van der Waals surface area contributed by atoms with Gasteiger partial charge in [0.15, 0.2) is 0 Å². The Balaban J connectivity index is 2.30. The maximum Gasteiger partial charge on any atom is 0.308 e. The average molecular weight is 367 g/mol. The Morgan fingerprint density at radius 3 is 2.27 bits per heavy atom. The lowest BCUT2D eigenvalue weighted by Gasteiger charge is -2.17. The van der Waals surface area contributed by atoms with E-state index in [0.717, 1.165) is 12.8 Å². The molecular weight excluding hydrogens is 334 g/mol. The standard InChI is InChI=1S/C20H33NO5/c1-3-4-5-6-7-8-9-10-11-12-17(23)26-20(25)18-16(14-22)13-21-15(2)19(18)24/h13,20,22,24-25H,3-12,14H2,1-2H3. The van der Waals surface area contributed by atoms with Gasteiger partial charge in [0.05, 0.1) is 17.9 Å². The summed E-state index contributed by atoms with van der Waals surface area (Å²) in [5, 5.41) is 29.4. The fraction of sp³-hybridized carbons (Fsp3) is 0.700. The number of unbranched alkanes of at least 4 members (excludes halogenated alkanes) is 8. The second kappa shape index (κ2) is 12.7. The summed E-state index contributed by atoms with van der Waals surface area (Å²) in [5.74, 6) is -0.780. The Labute approximate surface area is 156 Å². The zero-order chi connectivity index (χ0) is 19.4. The number of hydrogen-bond donors (Lipinski definition) is 3. The quantitative estimate of drug-likeness (QED) is 0.276. The van der Waals surface area contributed by atoms with Crippen LogP contribution in [-0.4, -0.2) is 26.3 Å². The summed E-state index contributed by atoms with van der Waals surface area (Å²) in [7, 11) is 0. The van der Waals surface area contributed by atoms with Gasteiger partial charge in [0.2, 0.25) is 6.29 Å². The summed E-state index contributed by atoms with van der Waals surface area (Å²) >= 11 is 0. The highest BCUT2D eigenvalue weighted by Crippen LogP contribution is 2.31. The Morgan fingerprint density at radius 1 is 1.12 bits per heavy atom. The van der Waals surface area contributed by atoms with Crippen LogP contribution in [-0.2, 0) is 16.1 Å². The summed E-state index contributed by atoms with van der Waals surface area (Å²) < 4.78 is 5.00. The number of aromatic hydroxyl groups is 1. The number of pyridine rings is 1. The molecule has 1 heterocycles. The topological polar surface area (TPSA) is 99.9 Å². The van der Waals surface area contributed by atoms with E-state index in [-0.39, 0.29) is 23.3 Å².